The van der Waals surface area contributed by atoms with E-state index in [-0.39, 0.29) is 30.2 Å². The highest BCUT2D eigenvalue weighted by molar-refractivity contribution is 8.56. The molecule has 0 aliphatic carbocycles. The van der Waals surface area contributed by atoms with E-state index in [4.69, 9.17) is 12.2 Å². The van der Waals surface area contributed by atoms with Crippen LogP contribution in [0.3, 0.4) is 0 Å². The van der Waals surface area contributed by atoms with E-state index in [0.29, 0.717) is 0 Å². The first-order valence-electron chi connectivity index (χ1n) is 6.21. The summed E-state index contributed by atoms with van der Waals surface area (Å²) in [5.41, 5.74) is -0.743. The number of rotatable bonds is 2. The van der Waals surface area contributed by atoms with Crippen molar-refractivity contribution in [3.05, 3.63) is 0 Å². The SMILES string of the molecule is CC(C)(C)C(=O)SC1SC(=S)SC1SC(=O)C(C)(C)C. The maximum atomic E-state index is 12.2. The lowest BCUT2D eigenvalue weighted by Gasteiger charge is -2.23. The minimum Gasteiger partial charge on any atom is -0.287 e. The molecule has 0 aromatic rings. The Hall–Kier alpha value is 0.830. The summed E-state index contributed by atoms with van der Waals surface area (Å²) >= 11 is 11.0. The third-order valence-corrected chi connectivity index (χ3v) is 9.37. The molecule has 1 aliphatic rings. The van der Waals surface area contributed by atoms with Crippen LogP contribution in [0.4, 0.5) is 0 Å². The first kappa shape index (κ1) is 18.9. The zero-order chi connectivity index (χ0) is 15.7. The highest BCUT2D eigenvalue weighted by Gasteiger charge is 2.40. The van der Waals surface area contributed by atoms with Crippen LogP contribution in [0.25, 0.3) is 0 Å². The molecule has 1 rings (SSSR count). The molecular weight excluding hydrogens is 348 g/mol. The maximum Gasteiger partial charge on any atom is 0.195 e. The third-order valence-electron chi connectivity index (χ3n) is 2.32. The molecule has 7 heteroatoms. The van der Waals surface area contributed by atoms with Gasteiger partial charge in [-0.05, 0) is 0 Å². The van der Waals surface area contributed by atoms with Gasteiger partial charge in [-0.2, -0.15) is 0 Å². The van der Waals surface area contributed by atoms with Gasteiger partial charge < -0.3 is 0 Å². The number of hydrogen-bond acceptors (Lipinski definition) is 7. The fraction of sp³-hybridized carbons (Fsp3) is 0.769. The van der Waals surface area contributed by atoms with Crippen molar-refractivity contribution in [1.29, 1.82) is 0 Å². The number of hydrogen-bond donors (Lipinski definition) is 0. The molecule has 1 fully saturated rings. The first-order valence-corrected chi connectivity index (χ1v) is 10.1. The molecule has 2 nitrogen and oxygen atoms in total. The van der Waals surface area contributed by atoms with E-state index in [1.807, 2.05) is 41.5 Å². The van der Waals surface area contributed by atoms with Crippen molar-refractivity contribution >= 4 is 73.0 Å². The molecule has 0 radical (unpaired) electrons. The maximum absolute atomic E-state index is 12.2. The summed E-state index contributed by atoms with van der Waals surface area (Å²) in [6.45, 7) is 11.5. The summed E-state index contributed by atoms with van der Waals surface area (Å²) in [6, 6.07) is 0. The lowest BCUT2D eigenvalue weighted by atomic mass is 9.99. The Morgan fingerprint density at radius 1 is 0.900 bits per heavy atom. The second kappa shape index (κ2) is 6.94. The van der Waals surface area contributed by atoms with E-state index < -0.39 is 0 Å². The van der Waals surface area contributed by atoms with Crippen LogP contribution in [0.15, 0.2) is 0 Å². The smallest absolute Gasteiger partial charge is 0.195 e. The van der Waals surface area contributed by atoms with Crippen molar-refractivity contribution in [3.8, 4) is 0 Å². The van der Waals surface area contributed by atoms with Gasteiger partial charge in [-0.1, -0.05) is 101 Å². The van der Waals surface area contributed by atoms with Crippen LogP contribution in [0, 0.1) is 10.8 Å². The molecule has 0 N–H and O–H groups in total. The van der Waals surface area contributed by atoms with Crippen LogP contribution in [-0.4, -0.2) is 22.9 Å². The second-order valence-corrected chi connectivity index (χ2v) is 12.8. The van der Waals surface area contributed by atoms with Crippen molar-refractivity contribution in [2.75, 3.05) is 0 Å². The largest absolute Gasteiger partial charge is 0.287 e. The van der Waals surface area contributed by atoms with E-state index >= 15 is 0 Å². The van der Waals surface area contributed by atoms with Gasteiger partial charge in [-0.3, -0.25) is 9.59 Å². The van der Waals surface area contributed by atoms with Crippen molar-refractivity contribution in [2.24, 2.45) is 10.8 Å². The summed E-state index contributed by atoms with van der Waals surface area (Å²) < 4.78 is 0.870. The molecule has 0 saturated carbocycles. The topological polar surface area (TPSA) is 34.1 Å². The summed E-state index contributed by atoms with van der Waals surface area (Å²) in [7, 11) is 0. The monoisotopic (exact) mass is 368 g/mol. The minimum absolute atomic E-state index is 0.0236. The van der Waals surface area contributed by atoms with Crippen LogP contribution in [0.1, 0.15) is 41.5 Å². The fourth-order valence-electron chi connectivity index (χ4n) is 1.05. The lowest BCUT2D eigenvalue weighted by Crippen LogP contribution is -2.24. The zero-order valence-corrected chi connectivity index (χ0v) is 16.6. The average molecular weight is 369 g/mol. The summed E-state index contributed by atoms with van der Waals surface area (Å²) in [5, 5.41) is 0.295. The molecule has 114 valence electrons. The van der Waals surface area contributed by atoms with Crippen LogP contribution in [-0.2, 0) is 9.59 Å². The Labute approximate surface area is 143 Å². The van der Waals surface area contributed by atoms with Crippen LogP contribution < -0.4 is 0 Å². The van der Waals surface area contributed by atoms with Crippen LogP contribution in [0.2, 0.25) is 0 Å². The quantitative estimate of drug-likeness (QED) is 0.633. The number of thiocarbonyl (C=S) groups is 1. The summed E-state index contributed by atoms with van der Waals surface area (Å²) in [6.07, 6.45) is 0. The molecule has 1 heterocycles. The molecule has 0 bridgehead atoms. The third kappa shape index (κ3) is 5.55. The molecule has 20 heavy (non-hydrogen) atoms. The van der Waals surface area contributed by atoms with Gasteiger partial charge in [0.2, 0.25) is 0 Å². The number of carbonyl (C=O) groups is 2. The van der Waals surface area contributed by atoms with Crippen molar-refractivity contribution < 1.29 is 9.59 Å². The van der Waals surface area contributed by atoms with Gasteiger partial charge in [0.15, 0.2) is 10.2 Å². The molecule has 2 atom stereocenters. The van der Waals surface area contributed by atoms with Gasteiger partial charge in [0.25, 0.3) is 0 Å². The normalized spacial score (nSPS) is 24.0. The van der Waals surface area contributed by atoms with Gasteiger partial charge in [0.05, 0.1) is 9.16 Å². The highest BCUT2D eigenvalue weighted by Crippen LogP contribution is 2.52. The average Bonchev–Trinajstić information content (AvgIpc) is 2.56. The lowest BCUT2D eigenvalue weighted by molar-refractivity contribution is -0.118. The number of carbonyl (C=O) groups excluding carboxylic acids is 2. The van der Waals surface area contributed by atoms with Gasteiger partial charge >= 0.3 is 0 Å². The van der Waals surface area contributed by atoms with E-state index in [1.54, 1.807) is 0 Å². The van der Waals surface area contributed by atoms with Gasteiger partial charge in [0.1, 0.15) is 3.53 Å². The molecule has 0 spiro atoms. The fourth-order valence-corrected chi connectivity index (χ4v) is 8.02. The van der Waals surface area contributed by atoms with Gasteiger partial charge in [-0.15, -0.1) is 0 Å². The Bertz CT molecular complexity index is 381. The predicted molar refractivity (Wildman–Crippen MR) is 99.5 cm³/mol. The number of thioether (sulfide) groups is 4. The minimum atomic E-state index is -0.372. The van der Waals surface area contributed by atoms with Crippen molar-refractivity contribution in [1.82, 2.24) is 0 Å². The Kier molecular flexibility index (Phi) is 6.55. The standard InChI is InChI=1S/C13H20O2S5/c1-12(2,3)9(14)17-7-8(20-11(16)19-7)18-10(15)13(4,5)6/h7-8H,1-6H3. The Morgan fingerprint density at radius 2 is 1.20 bits per heavy atom. The Balaban J connectivity index is 2.72. The van der Waals surface area contributed by atoms with E-state index in [2.05, 4.69) is 0 Å². The molecule has 2 unspecified atom stereocenters. The van der Waals surface area contributed by atoms with Crippen LogP contribution >= 0.6 is 59.3 Å². The van der Waals surface area contributed by atoms with Crippen molar-refractivity contribution in [2.45, 2.75) is 50.7 Å². The molecule has 0 aromatic heterocycles. The first-order chi connectivity index (χ1) is 8.91. The molecular formula is C13H20O2S5. The second-order valence-electron chi connectivity index (χ2n) is 6.53. The highest BCUT2D eigenvalue weighted by atomic mass is 32.3. The predicted octanol–water partition coefficient (Wildman–Crippen LogP) is 5.02. The summed E-state index contributed by atoms with van der Waals surface area (Å²) in [5.74, 6) is 0. The zero-order valence-electron chi connectivity index (χ0n) is 12.5. The Morgan fingerprint density at radius 3 is 1.45 bits per heavy atom. The summed E-state index contributed by atoms with van der Waals surface area (Å²) in [4.78, 5) is 24.3. The van der Waals surface area contributed by atoms with E-state index in [0.717, 1.165) is 3.53 Å². The van der Waals surface area contributed by atoms with Crippen LogP contribution in [0.5, 0.6) is 0 Å². The van der Waals surface area contributed by atoms with E-state index in [9.17, 15) is 9.59 Å². The van der Waals surface area contributed by atoms with E-state index in [1.165, 1.54) is 47.0 Å². The molecule has 1 aliphatic heterocycles. The van der Waals surface area contributed by atoms with Crippen molar-refractivity contribution in [3.63, 3.8) is 0 Å². The molecule has 0 amide bonds. The molecule has 0 aromatic carbocycles. The molecule has 1 saturated heterocycles. The van der Waals surface area contributed by atoms with Gasteiger partial charge in [0, 0.05) is 10.8 Å². The van der Waals surface area contributed by atoms with Gasteiger partial charge in [-0.25, -0.2) is 0 Å².